The Morgan fingerprint density at radius 1 is 1.11 bits per heavy atom. The summed E-state index contributed by atoms with van der Waals surface area (Å²) >= 11 is 0. The van der Waals surface area contributed by atoms with E-state index < -0.39 is 24.2 Å². The Kier molecular flexibility index (Phi) is 7.88. The topological polar surface area (TPSA) is 99.1 Å². The molecule has 4 atom stereocenters. The minimum absolute atomic E-state index is 0.0724. The standard InChI is InChI=1S/C28H34N2O5/c1-3-4-9-24(32)30(17-19-12-10-18(2)11-13-19)22-16-21(28(34)29-14-15-31)25-20-7-5-6-8-23(20)35-27(25)26(22)33/h5-8,10-13,16,22,25-27,31,33H,3-4,9,14-15,17H2,1-2H3,(H,29,34)/t22-,25+,26+,27+/m1/s1. The number of hydrogen-bond donors (Lipinski definition) is 3. The number of nitrogens with one attached hydrogen (secondary N) is 1. The second-order valence-corrected chi connectivity index (χ2v) is 9.29. The van der Waals surface area contributed by atoms with Crippen LogP contribution in [0.4, 0.5) is 0 Å². The van der Waals surface area contributed by atoms with Gasteiger partial charge in [-0.2, -0.15) is 0 Å². The number of hydrogen-bond acceptors (Lipinski definition) is 5. The lowest BCUT2D eigenvalue weighted by Crippen LogP contribution is -2.55. The number of fused-ring (bicyclic) bond motifs is 3. The van der Waals surface area contributed by atoms with Crippen molar-refractivity contribution in [2.45, 2.75) is 63.8 Å². The Labute approximate surface area is 206 Å². The first-order valence-electron chi connectivity index (χ1n) is 12.3. The van der Waals surface area contributed by atoms with Crippen LogP contribution in [0.15, 0.2) is 60.2 Å². The van der Waals surface area contributed by atoms with Gasteiger partial charge in [-0.1, -0.05) is 61.4 Å². The molecule has 7 heteroatoms. The van der Waals surface area contributed by atoms with E-state index in [1.165, 1.54) is 0 Å². The predicted octanol–water partition coefficient (Wildman–Crippen LogP) is 2.84. The van der Waals surface area contributed by atoms with Gasteiger partial charge in [-0.05, 0) is 31.1 Å². The van der Waals surface area contributed by atoms with E-state index in [9.17, 15) is 19.8 Å². The molecule has 0 spiro atoms. The molecule has 2 aliphatic rings. The van der Waals surface area contributed by atoms with Crippen molar-refractivity contribution < 1.29 is 24.5 Å². The van der Waals surface area contributed by atoms with Crippen molar-refractivity contribution in [2.24, 2.45) is 0 Å². The van der Waals surface area contributed by atoms with E-state index in [1.54, 1.807) is 11.0 Å². The predicted molar refractivity (Wildman–Crippen MR) is 133 cm³/mol. The second-order valence-electron chi connectivity index (χ2n) is 9.29. The molecule has 3 N–H and O–H groups in total. The van der Waals surface area contributed by atoms with Crippen LogP contribution in [0.5, 0.6) is 5.75 Å². The molecule has 7 nitrogen and oxygen atoms in total. The van der Waals surface area contributed by atoms with Gasteiger partial charge in [-0.15, -0.1) is 0 Å². The van der Waals surface area contributed by atoms with Crippen LogP contribution >= 0.6 is 0 Å². The lowest BCUT2D eigenvalue weighted by atomic mass is 9.77. The lowest BCUT2D eigenvalue weighted by molar-refractivity contribution is -0.138. The molecule has 1 heterocycles. The fraction of sp³-hybridized carbons (Fsp3) is 0.429. The van der Waals surface area contributed by atoms with E-state index >= 15 is 0 Å². The fourth-order valence-electron chi connectivity index (χ4n) is 4.91. The number of ether oxygens (including phenoxy) is 1. The molecule has 2 amide bonds. The van der Waals surface area contributed by atoms with Crippen molar-refractivity contribution in [1.29, 1.82) is 0 Å². The molecule has 186 valence electrons. The quantitative estimate of drug-likeness (QED) is 0.515. The van der Waals surface area contributed by atoms with Gasteiger partial charge in [0.05, 0.1) is 18.6 Å². The summed E-state index contributed by atoms with van der Waals surface area (Å²) in [6.45, 7) is 4.29. The number of aliphatic hydroxyl groups is 2. The smallest absolute Gasteiger partial charge is 0.247 e. The molecule has 4 rings (SSSR count). The van der Waals surface area contributed by atoms with Crippen LogP contribution < -0.4 is 10.1 Å². The molecule has 2 aromatic rings. The zero-order valence-electron chi connectivity index (χ0n) is 20.3. The third-order valence-corrected chi connectivity index (χ3v) is 6.78. The number of nitrogens with zero attached hydrogens (tertiary/aromatic N) is 1. The van der Waals surface area contributed by atoms with Crippen LogP contribution in [-0.2, 0) is 16.1 Å². The number of amides is 2. The van der Waals surface area contributed by atoms with Gasteiger partial charge in [0.25, 0.3) is 0 Å². The Morgan fingerprint density at radius 2 is 1.86 bits per heavy atom. The minimum Gasteiger partial charge on any atom is -0.486 e. The highest BCUT2D eigenvalue weighted by Gasteiger charge is 2.50. The van der Waals surface area contributed by atoms with Crippen LogP contribution in [0.25, 0.3) is 0 Å². The van der Waals surface area contributed by atoms with Crippen LogP contribution in [0, 0.1) is 6.92 Å². The van der Waals surface area contributed by atoms with Gasteiger partial charge < -0.3 is 25.2 Å². The zero-order valence-corrected chi connectivity index (χ0v) is 20.3. The highest BCUT2D eigenvalue weighted by atomic mass is 16.5. The first kappa shape index (κ1) is 24.9. The molecule has 1 aliphatic heterocycles. The lowest BCUT2D eigenvalue weighted by Gasteiger charge is -2.41. The number of aryl methyl sites for hydroxylation is 1. The Morgan fingerprint density at radius 3 is 2.57 bits per heavy atom. The largest absolute Gasteiger partial charge is 0.486 e. The van der Waals surface area contributed by atoms with Gasteiger partial charge >= 0.3 is 0 Å². The molecule has 0 aromatic heterocycles. The Hall–Kier alpha value is -3.16. The number of unbranched alkanes of at least 4 members (excludes halogenated alkanes) is 1. The fourth-order valence-corrected chi connectivity index (χ4v) is 4.91. The summed E-state index contributed by atoms with van der Waals surface area (Å²) in [4.78, 5) is 28.3. The summed E-state index contributed by atoms with van der Waals surface area (Å²) in [6, 6.07) is 14.7. The molecular weight excluding hydrogens is 444 g/mol. The van der Waals surface area contributed by atoms with Crippen LogP contribution in [0.2, 0.25) is 0 Å². The number of carbonyl (C=O) groups excluding carboxylic acids is 2. The number of para-hydroxylation sites is 1. The van der Waals surface area contributed by atoms with Gasteiger partial charge in [0.2, 0.25) is 11.8 Å². The molecule has 0 saturated heterocycles. The third kappa shape index (κ3) is 5.26. The van der Waals surface area contributed by atoms with Crippen LogP contribution in [0.1, 0.15) is 48.8 Å². The molecular formula is C28H34N2O5. The number of benzene rings is 2. The maximum absolute atomic E-state index is 13.4. The highest BCUT2D eigenvalue weighted by molar-refractivity contribution is 5.96. The van der Waals surface area contributed by atoms with Crippen molar-refractivity contribution in [3.05, 3.63) is 76.9 Å². The van der Waals surface area contributed by atoms with Crippen molar-refractivity contribution in [3.8, 4) is 5.75 Å². The maximum atomic E-state index is 13.4. The summed E-state index contributed by atoms with van der Waals surface area (Å²) in [5.74, 6) is -0.229. The van der Waals surface area contributed by atoms with E-state index in [-0.39, 0.29) is 25.0 Å². The van der Waals surface area contributed by atoms with E-state index in [1.807, 2.05) is 62.4 Å². The van der Waals surface area contributed by atoms with Gasteiger partial charge in [0.1, 0.15) is 18.0 Å². The monoisotopic (exact) mass is 478 g/mol. The summed E-state index contributed by atoms with van der Waals surface area (Å²) in [5.41, 5.74) is 3.35. The molecule has 0 unspecified atom stereocenters. The molecule has 0 radical (unpaired) electrons. The highest BCUT2D eigenvalue weighted by Crippen LogP contribution is 2.47. The minimum atomic E-state index is -1.02. The Bertz CT molecular complexity index is 1080. The van der Waals surface area contributed by atoms with Gasteiger partial charge in [-0.25, -0.2) is 0 Å². The maximum Gasteiger partial charge on any atom is 0.247 e. The summed E-state index contributed by atoms with van der Waals surface area (Å²) < 4.78 is 6.16. The van der Waals surface area contributed by atoms with Crippen molar-refractivity contribution in [1.82, 2.24) is 10.2 Å². The molecule has 2 aromatic carbocycles. The van der Waals surface area contributed by atoms with Crippen LogP contribution in [-0.4, -0.2) is 58.3 Å². The number of carbonyl (C=O) groups is 2. The molecule has 1 aliphatic carbocycles. The van der Waals surface area contributed by atoms with E-state index in [2.05, 4.69) is 5.32 Å². The SMILES string of the molecule is CCCCC(=O)N(Cc1ccc(C)cc1)[C@@H]1C=C(C(=O)NCCO)[C@@H]2c3ccccc3O[C@@H]2[C@H]1O. The van der Waals surface area contributed by atoms with Gasteiger partial charge in [0.15, 0.2) is 0 Å². The number of rotatable bonds is 9. The van der Waals surface area contributed by atoms with Crippen LogP contribution in [0.3, 0.4) is 0 Å². The normalized spacial score (nSPS) is 22.5. The van der Waals surface area contributed by atoms with Gasteiger partial charge in [0, 0.05) is 30.6 Å². The molecule has 0 fully saturated rings. The summed E-state index contributed by atoms with van der Waals surface area (Å²) in [6.07, 6.45) is 2.00. The van der Waals surface area contributed by atoms with E-state index in [0.717, 1.165) is 29.5 Å². The summed E-state index contributed by atoms with van der Waals surface area (Å²) in [7, 11) is 0. The van der Waals surface area contributed by atoms with E-state index in [0.29, 0.717) is 24.3 Å². The molecule has 0 saturated carbocycles. The number of aliphatic hydroxyl groups excluding tert-OH is 2. The van der Waals surface area contributed by atoms with Gasteiger partial charge in [-0.3, -0.25) is 9.59 Å². The second kappa shape index (κ2) is 11.1. The average Bonchev–Trinajstić information content (AvgIpc) is 3.26. The summed E-state index contributed by atoms with van der Waals surface area (Å²) in [5, 5.41) is 23.5. The first-order valence-corrected chi connectivity index (χ1v) is 12.3. The first-order chi connectivity index (χ1) is 16.9. The molecule has 0 bridgehead atoms. The Balaban J connectivity index is 1.74. The van der Waals surface area contributed by atoms with Crippen molar-refractivity contribution >= 4 is 11.8 Å². The van der Waals surface area contributed by atoms with Crippen molar-refractivity contribution in [2.75, 3.05) is 13.2 Å². The van der Waals surface area contributed by atoms with E-state index in [4.69, 9.17) is 4.74 Å². The third-order valence-electron chi connectivity index (χ3n) is 6.78. The zero-order chi connectivity index (χ0) is 24.9. The molecule has 35 heavy (non-hydrogen) atoms. The average molecular weight is 479 g/mol. The van der Waals surface area contributed by atoms with Crippen molar-refractivity contribution in [3.63, 3.8) is 0 Å².